The van der Waals surface area contributed by atoms with E-state index >= 15 is 0 Å². The number of esters is 2. The minimum atomic E-state index is -0.368. The Morgan fingerprint density at radius 3 is 1.89 bits per heavy atom. The fourth-order valence-electron chi connectivity index (χ4n) is 2.46. The van der Waals surface area contributed by atoms with Crippen LogP contribution in [0, 0.1) is 13.8 Å². The van der Waals surface area contributed by atoms with E-state index in [4.69, 9.17) is 9.47 Å². The maximum absolute atomic E-state index is 11.6. The fraction of sp³-hybridized carbons (Fsp3) is 0.273. The van der Waals surface area contributed by atoms with Crippen molar-refractivity contribution in [2.24, 2.45) is 0 Å². The lowest BCUT2D eigenvalue weighted by Gasteiger charge is -1.98. The van der Waals surface area contributed by atoms with Crippen LogP contribution in [0.1, 0.15) is 46.0 Å². The second kappa shape index (κ2) is 14.3. The second-order valence-corrected chi connectivity index (χ2v) is 7.49. The maximum atomic E-state index is 11.6. The first-order valence-electron chi connectivity index (χ1n) is 10.4. The number of carbonyl (C=O) groups excluding carboxylic acids is 2. The number of hydrogen-bond donors (Lipinski definition) is 1. The summed E-state index contributed by atoms with van der Waals surface area (Å²) in [5.41, 5.74) is 3.02. The minimum absolute atomic E-state index is 0.321. The van der Waals surface area contributed by atoms with Crippen molar-refractivity contribution in [3.05, 3.63) is 76.8 Å². The number of aromatic nitrogens is 8. The SMILES string of the molecule is Brc1cncnc1.CCOC(=O)c1cn(-c2cncnc2)nc1C.CCOC(=O)c1cn[nH]c1C. The molecule has 4 heterocycles. The number of carbonyl (C=O) groups is 2. The summed E-state index contributed by atoms with van der Waals surface area (Å²) in [4.78, 5) is 37.9. The highest BCUT2D eigenvalue weighted by Gasteiger charge is 2.15. The molecule has 0 aliphatic rings. The van der Waals surface area contributed by atoms with Crippen LogP contribution in [0.15, 0.2) is 54.3 Å². The number of aromatic amines is 1. The van der Waals surface area contributed by atoms with Gasteiger partial charge in [0.2, 0.25) is 0 Å². The van der Waals surface area contributed by atoms with Crippen molar-refractivity contribution in [3.8, 4) is 5.69 Å². The van der Waals surface area contributed by atoms with Crippen LogP contribution in [0.2, 0.25) is 0 Å². The Labute approximate surface area is 210 Å². The quantitative estimate of drug-likeness (QED) is 0.370. The molecule has 0 aliphatic heterocycles. The Hall–Kier alpha value is -4.00. The van der Waals surface area contributed by atoms with Crippen LogP contribution in [0.4, 0.5) is 0 Å². The van der Waals surface area contributed by atoms with Gasteiger partial charge in [0, 0.05) is 24.3 Å². The lowest BCUT2D eigenvalue weighted by Crippen LogP contribution is -2.04. The van der Waals surface area contributed by atoms with Crippen LogP contribution in [0.5, 0.6) is 0 Å². The van der Waals surface area contributed by atoms with Gasteiger partial charge in [-0.25, -0.2) is 34.2 Å². The van der Waals surface area contributed by atoms with Gasteiger partial charge >= 0.3 is 11.9 Å². The Morgan fingerprint density at radius 1 is 0.886 bits per heavy atom. The minimum Gasteiger partial charge on any atom is -0.462 e. The molecule has 0 bridgehead atoms. The molecule has 0 amide bonds. The van der Waals surface area contributed by atoms with Gasteiger partial charge in [0.05, 0.1) is 42.0 Å². The molecule has 0 aromatic carbocycles. The molecule has 0 atom stereocenters. The third kappa shape index (κ3) is 8.70. The van der Waals surface area contributed by atoms with E-state index in [1.54, 1.807) is 63.4 Å². The zero-order valence-electron chi connectivity index (χ0n) is 19.7. The van der Waals surface area contributed by atoms with E-state index in [0.29, 0.717) is 35.7 Å². The van der Waals surface area contributed by atoms with Crippen molar-refractivity contribution < 1.29 is 19.1 Å². The first kappa shape index (κ1) is 27.2. The average molecular weight is 545 g/mol. The van der Waals surface area contributed by atoms with Crippen LogP contribution >= 0.6 is 15.9 Å². The number of ether oxygens (including phenoxy) is 2. The van der Waals surface area contributed by atoms with Crippen LogP contribution in [-0.2, 0) is 9.47 Å². The van der Waals surface area contributed by atoms with Crippen LogP contribution in [0.3, 0.4) is 0 Å². The largest absolute Gasteiger partial charge is 0.462 e. The molecule has 0 saturated heterocycles. The molecular weight excluding hydrogens is 520 g/mol. The number of halogens is 1. The normalized spacial score (nSPS) is 9.74. The number of hydrogen-bond acceptors (Lipinski definition) is 10. The van der Waals surface area contributed by atoms with Gasteiger partial charge < -0.3 is 9.47 Å². The molecule has 1 N–H and O–H groups in total. The fourth-order valence-corrected chi connectivity index (χ4v) is 2.69. The summed E-state index contributed by atoms with van der Waals surface area (Å²) in [6.07, 6.45) is 12.6. The Balaban J connectivity index is 0.000000205. The standard InChI is InChI=1S/C11H12N4O2.C7H10N2O2.C4H3BrN2/c1-3-17-11(16)10-6-15(14-8(10)2)9-4-12-7-13-5-9;1-3-11-7(10)6-4-8-9-5(6)2;5-4-1-6-3-7-2-4/h4-7H,3H2,1-2H3;4H,3H2,1-2H3,(H,8,9);1-3H. The summed E-state index contributed by atoms with van der Waals surface area (Å²) in [5, 5.41) is 10.6. The van der Waals surface area contributed by atoms with E-state index in [1.807, 2.05) is 0 Å². The number of nitrogens with one attached hydrogen (secondary N) is 1. The van der Waals surface area contributed by atoms with E-state index in [1.165, 1.54) is 18.9 Å². The highest BCUT2D eigenvalue weighted by atomic mass is 79.9. The third-order valence-corrected chi connectivity index (χ3v) is 4.47. The Bertz CT molecular complexity index is 1200. The molecule has 0 spiro atoms. The summed E-state index contributed by atoms with van der Waals surface area (Å²) >= 11 is 3.19. The molecule has 12 nitrogen and oxygen atoms in total. The summed E-state index contributed by atoms with van der Waals surface area (Å²) in [7, 11) is 0. The lowest BCUT2D eigenvalue weighted by atomic mass is 10.3. The first-order chi connectivity index (χ1) is 16.9. The highest BCUT2D eigenvalue weighted by Crippen LogP contribution is 2.11. The molecule has 0 radical (unpaired) electrons. The predicted molar refractivity (Wildman–Crippen MR) is 129 cm³/mol. The average Bonchev–Trinajstić information content (AvgIpc) is 3.47. The number of nitrogens with zero attached hydrogens (tertiary/aromatic N) is 7. The number of aryl methyl sites for hydroxylation is 2. The summed E-state index contributed by atoms with van der Waals surface area (Å²) < 4.78 is 12.2. The van der Waals surface area contributed by atoms with Crippen LogP contribution in [-0.4, -0.2) is 65.1 Å². The molecular formula is C22H25BrN8O4. The second-order valence-electron chi connectivity index (χ2n) is 6.58. The van der Waals surface area contributed by atoms with Crippen LogP contribution < -0.4 is 0 Å². The number of H-pyrrole nitrogens is 1. The molecule has 184 valence electrons. The van der Waals surface area contributed by atoms with E-state index in [2.05, 4.69) is 51.2 Å². The van der Waals surface area contributed by atoms with Crippen molar-refractivity contribution in [2.45, 2.75) is 27.7 Å². The van der Waals surface area contributed by atoms with Crippen molar-refractivity contribution in [1.29, 1.82) is 0 Å². The molecule has 0 fully saturated rings. The Morgan fingerprint density at radius 2 is 1.43 bits per heavy atom. The molecule has 0 aliphatic carbocycles. The molecule has 0 unspecified atom stereocenters. The van der Waals surface area contributed by atoms with Gasteiger partial charge in [-0.15, -0.1) is 0 Å². The van der Waals surface area contributed by atoms with E-state index in [-0.39, 0.29) is 11.9 Å². The van der Waals surface area contributed by atoms with Gasteiger partial charge in [0.1, 0.15) is 29.5 Å². The van der Waals surface area contributed by atoms with E-state index < -0.39 is 0 Å². The molecule has 35 heavy (non-hydrogen) atoms. The molecule has 0 saturated carbocycles. The van der Waals surface area contributed by atoms with E-state index in [0.717, 1.165) is 10.2 Å². The smallest absolute Gasteiger partial charge is 0.341 e. The van der Waals surface area contributed by atoms with Crippen molar-refractivity contribution in [2.75, 3.05) is 13.2 Å². The first-order valence-corrected chi connectivity index (χ1v) is 11.2. The van der Waals surface area contributed by atoms with Crippen molar-refractivity contribution in [1.82, 2.24) is 39.9 Å². The molecule has 4 aromatic heterocycles. The zero-order chi connectivity index (χ0) is 25.6. The lowest BCUT2D eigenvalue weighted by molar-refractivity contribution is 0.0516. The summed E-state index contributed by atoms with van der Waals surface area (Å²) in [6, 6.07) is 0. The van der Waals surface area contributed by atoms with Gasteiger partial charge in [-0.2, -0.15) is 10.2 Å². The van der Waals surface area contributed by atoms with Gasteiger partial charge in [-0.1, -0.05) is 0 Å². The Kier molecular flexibility index (Phi) is 11.1. The maximum Gasteiger partial charge on any atom is 0.341 e. The van der Waals surface area contributed by atoms with Gasteiger partial charge in [0.25, 0.3) is 0 Å². The topological polar surface area (TPSA) is 151 Å². The zero-order valence-corrected chi connectivity index (χ0v) is 21.3. The number of rotatable bonds is 5. The third-order valence-electron chi connectivity index (χ3n) is 4.06. The highest BCUT2D eigenvalue weighted by molar-refractivity contribution is 9.10. The van der Waals surface area contributed by atoms with Gasteiger partial charge in [-0.05, 0) is 43.6 Å². The van der Waals surface area contributed by atoms with Gasteiger partial charge in [0.15, 0.2) is 0 Å². The summed E-state index contributed by atoms with van der Waals surface area (Å²) in [6.45, 7) is 7.81. The predicted octanol–water partition coefficient (Wildman–Crippen LogP) is 3.28. The molecule has 4 aromatic rings. The van der Waals surface area contributed by atoms with Gasteiger partial charge in [-0.3, -0.25) is 5.10 Å². The monoisotopic (exact) mass is 544 g/mol. The molecule has 13 heteroatoms. The van der Waals surface area contributed by atoms with E-state index in [9.17, 15) is 9.59 Å². The van der Waals surface area contributed by atoms with Crippen molar-refractivity contribution >= 4 is 27.9 Å². The van der Waals surface area contributed by atoms with Crippen LogP contribution in [0.25, 0.3) is 5.69 Å². The molecule has 4 rings (SSSR count). The summed E-state index contributed by atoms with van der Waals surface area (Å²) in [5.74, 6) is -0.688. The van der Waals surface area contributed by atoms with Crippen molar-refractivity contribution in [3.63, 3.8) is 0 Å².